The van der Waals surface area contributed by atoms with Gasteiger partial charge in [0.15, 0.2) is 28.9 Å². The molecule has 2 aromatic heterocycles. The maximum atomic E-state index is 15.8. The van der Waals surface area contributed by atoms with Gasteiger partial charge in [-0.25, -0.2) is 34.0 Å². The van der Waals surface area contributed by atoms with E-state index in [1.807, 2.05) is 10.1 Å². The predicted molar refractivity (Wildman–Crippen MR) is 125 cm³/mol. The number of carboxylic acids is 1. The van der Waals surface area contributed by atoms with Crippen molar-refractivity contribution in [1.82, 2.24) is 29.6 Å². The van der Waals surface area contributed by atoms with Crippen LogP contribution in [0.2, 0.25) is 0 Å². The first kappa shape index (κ1) is 26.8. The number of aromatic nitrogens is 4. The van der Waals surface area contributed by atoms with E-state index in [-0.39, 0.29) is 0 Å². The summed E-state index contributed by atoms with van der Waals surface area (Å²) in [5, 5.41) is 25.6. The van der Waals surface area contributed by atoms with Gasteiger partial charge in [-0.1, -0.05) is 6.92 Å². The first-order chi connectivity index (χ1) is 17.0. The topological polar surface area (TPSA) is 175 Å². The molecule has 2 fully saturated rings. The van der Waals surface area contributed by atoms with Crippen molar-refractivity contribution in [3.8, 4) is 0 Å². The van der Waals surface area contributed by atoms with E-state index in [9.17, 15) is 19.4 Å². The van der Waals surface area contributed by atoms with Gasteiger partial charge in [-0.2, -0.15) is 0 Å². The Morgan fingerprint density at radius 2 is 2.17 bits per heavy atom. The Hall–Kier alpha value is -2.26. The number of aliphatic hydroxyl groups excluding tert-OH is 1. The predicted octanol–water partition coefficient (Wildman–Crippen LogP) is 0.830. The highest BCUT2D eigenvalue weighted by molar-refractivity contribution is 7.50. The number of alkyl halides is 1. The molecule has 0 saturated carbocycles. The van der Waals surface area contributed by atoms with E-state index in [1.54, 1.807) is 0 Å². The van der Waals surface area contributed by atoms with Gasteiger partial charge in [-0.15, -0.1) is 0 Å². The van der Waals surface area contributed by atoms with Crippen LogP contribution in [0, 0.1) is 0 Å². The molecule has 2 aromatic rings. The summed E-state index contributed by atoms with van der Waals surface area (Å²) in [6, 6.07) is -1.37. The molecule has 0 radical (unpaired) electrons. The fourth-order valence-corrected chi connectivity index (χ4v) is 5.22. The third-order valence-corrected chi connectivity index (χ3v) is 7.52. The molecule has 4 N–H and O–H groups in total. The van der Waals surface area contributed by atoms with Crippen molar-refractivity contribution in [2.45, 2.75) is 63.8 Å². The summed E-state index contributed by atoms with van der Waals surface area (Å²) < 4.78 is 39.9. The van der Waals surface area contributed by atoms with E-state index in [2.05, 4.69) is 26.9 Å². The Morgan fingerprint density at radius 1 is 1.44 bits per heavy atom. The lowest BCUT2D eigenvalue weighted by Crippen LogP contribution is -2.51. The van der Waals surface area contributed by atoms with Gasteiger partial charge in [-0.05, 0) is 26.7 Å². The van der Waals surface area contributed by atoms with Crippen molar-refractivity contribution < 1.29 is 38.1 Å². The summed E-state index contributed by atoms with van der Waals surface area (Å²) in [7, 11) is -4.57. The van der Waals surface area contributed by atoms with E-state index < -0.39 is 50.5 Å². The van der Waals surface area contributed by atoms with E-state index in [0.29, 0.717) is 23.5 Å². The molecular formula is C20H31FN7O7P. The number of anilines is 1. The number of ether oxygens (including phenoxy) is 1. The minimum absolute atomic E-state index is 0.300. The summed E-state index contributed by atoms with van der Waals surface area (Å²) in [5.41, 5.74) is -1.60. The summed E-state index contributed by atoms with van der Waals surface area (Å²) in [5.74, 6) is -0.777. The number of carboxylic acid groups (broad SMARTS) is 1. The van der Waals surface area contributed by atoms with Crippen molar-refractivity contribution in [3.63, 3.8) is 0 Å². The highest BCUT2D eigenvalue weighted by atomic mass is 31.2. The van der Waals surface area contributed by atoms with Crippen molar-refractivity contribution in [1.29, 1.82) is 0 Å². The number of aliphatic hydroxyl groups is 1. The second-order valence-electron chi connectivity index (χ2n) is 9.08. The molecule has 0 aliphatic carbocycles. The normalized spacial score (nSPS) is 29.1. The van der Waals surface area contributed by atoms with Gasteiger partial charge in [0.25, 0.3) is 0 Å². The van der Waals surface area contributed by atoms with Gasteiger partial charge in [0.2, 0.25) is 0 Å². The number of hydrazine groups is 1. The van der Waals surface area contributed by atoms with Crippen LogP contribution >= 0.6 is 7.75 Å². The molecule has 0 spiro atoms. The Bertz CT molecular complexity index is 1150. The molecule has 4 rings (SSSR count). The van der Waals surface area contributed by atoms with Gasteiger partial charge in [-0.3, -0.25) is 18.9 Å². The number of halogens is 1. The first-order valence-corrected chi connectivity index (χ1v) is 13.2. The van der Waals surface area contributed by atoms with E-state index in [1.165, 1.54) is 17.2 Å². The third kappa shape index (κ3) is 5.09. The molecule has 36 heavy (non-hydrogen) atoms. The summed E-state index contributed by atoms with van der Waals surface area (Å²) in [4.78, 5) is 33.9. The van der Waals surface area contributed by atoms with Crippen LogP contribution in [-0.4, -0.2) is 95.8 Å². The number of nitrogens with zero attached hydrogens (tertiary/aromatic N) is 6. The molecule has 6 atom stereocenters. The van der Waals surface area contributed by atoms with Crippen LogP contribution in [0.25, 0.3) is 11.2 Å². The fourth-order valence-electron chi connectivity index (χ4n) is 4.20. The Balaban J connectivity index is 1.56. The quantitative estimate of drug-likeness (QED) is 0.300. The average molecular weight is 531 g/mol. The maximum absolute atomic E-state index is 15.8. The smallest absolute Gasteiger partial charge is 0.403 e. The SMILES string of the molecule is CCCN(c1ncnc2c1ncn2[C@@H]1O[C@H](COP(=O)(O)N[C@@H](C)C(=O)O)[C@@H](O)[C@@]1(C)F)N1CCC1. The first-order valence-electron chi connectivity index (χ1n) is 11.7. The summed E-state index contributed by atoms with van der Waals surface area (Å²) >= 11 is 0. The maximum Gasteiger partial charge on any atom is 0.403 e. The van der Waals surface area contributed by atoms with Crippen LogP contribution in [0.3, 0.4) is 0 Å². The lowest BCUT2D eigenvalue weighted by molar-refractivity contribution is -0.138. The molecule has 1 unspecified atom stereocenters. The zero-order valence-electron chi connectivity index (χ0n) is 20.2. The van der Waals surface area contributed by atoms with Gasteiger partial charge in [0.05, 0.1) is 12.9 Å². The zero-order chi connectivity index (χ0) is 26.3. The summed E-state index contributed by atoms with van der Waals surface area (Å²) in [6.07, 6.45) is 0.234. The van der Waals surface area contributed by atoms with Gasteiger partial charge in [0.1, 0.15) is 24.6 Å². The molecule has 0 bridgehead atoms. The molecule has 0 aromatic carbocycles. The molecule has 0 amide bonds. The van der Waals surface area contributed by atoms with Crippen LogP contribution in [-0.2, 0) is 18.6 Å². The lowest BCUT2D eigenvalue weighted by atomic mass is 9.98. The summed E-state index contributed by atoms with van der Waals surface area (Å²) in [6.45, 7) is 6.19. The van der Waals surface area contributed by atoms with Crippen molar-refractivity contribution in [3.05, 3.63) is 12.7 Å². The largest absolute Gasteiger partial charge is 0.480 e. The molecule has 2 saturated heterocycles. The molecule has 2 aliphatic heterocycles. The van der Waals surface area contributed by atoms with E-state index in [4.69, 9.17) is 14.4 Å². The minimum Gasteiger partial charge on any atom is -0.480 e. The number of aliphatic carboxylic acids is 1. The van der Waals surface area contributed by atoms with E-state index in [0.717, 1.165) is 39.8 Å². The number of hydrogen-bond acceptors (Lipinski definition) is 10. The second kappa shape index (κ2) is 10.2. The number of fused-ring (bicyclic) bond motifs is 1. The zero-order valence-corrected chi connectivity index (χ0v) is 21.1. The monoisotopic (exact) mass is 531 g/mol. The van der Waals surface area contributed by atoms with Crippen LogP contribution in [0.15, 0.2) is 12.7 Å². The standard InChI is InChI=1S/C20H31FN7O7P/c1-4-6-28(26-7-5-8-26)17-14-16(22-10-23-17)27(11-24-14)19-20(3,21)15(29)13(35-19)9-34-36(32,33)25-12(2)18(30)31/h10-13,15,19,29H,4-9H2,1-3H3,(H,30,31)(H2,25,32,33)/t12-,13+,15+,19+,20+/m0/s1. The minimum atomic E-state index is -4.57. The molecule has 14 nitrogen and oxygen atoms in total. The van der Waals surface area contributed by atoms with Crippen molar-refractivity contribution in [2.75, 3.05) is 31.3 Å². The van der Waals surface area contributed by atoms with Gasteiger partial charge >= 0.3 is 13.7 Å². The van der Waals surface area contributed by atoms with Crippen LogP contribution < -0.4 is 10.1 Å². The van der Waals surface area contributed by atoms with Crippen LogP contribution in [0.5, 0.6) is 0 Å². The molecule has 200 valence electrons. The fraction of sp³-hybridized carbons (Fsp3) is 0.700. The molecule has 4 heterocycles. The highest BCUT2D eigenvalue weighted by Crippen LogP contribution is 2.45. The number of hydrogen-bond donors (Lipinski definition) is 4. The third-order valence-electron chi connectivity index (χ3n) is 6.30. The van der Waals surface area contributed by atoms with Crippen molar-refractivity contribution >= 4 is 30.7 Å². The Morgan fingerprint density at radius 3 is 2.78 bits per heavy atom. The molecule has 16 heteroatoms. The lowest BCUT2D eigenvalue weighted by Gasteiger charge is -2.41. The van der Waals surface area contributed by atoms with Crippen LogP contribution in [0.4, 0.5) is 10.2 Å². The molecule has 2 aliphatic rings. The Kier molecular flexibility index (Phi) is 7.62. The van der Waals surface area contributed by atoms with E-state index >= 15 is 4.39 Å². The van der Waals surface area contributed by atoms with Gasteiger partial charge in [0, 0.05) is 19.6 Å². The highest BCUT2D eigenvalue weighted by Gasteiger charge is 2.56. The molecular weight excluding hydrogens is 500 g/mol. The number of nitrogens with one attached hydrogen (secondary N) is 1. The number of rotatable bonds is 11. The number of carbonyl (C=O) groups is 1. The second-order valence-corrected chi connectivity index (χ2v) is 10.6. The van der Waals surface area contributed by atoms with Crippen molar-refractivity contribution in [2.24, 2.45) is 0 Å². The number of imidazole rings is 1. The van der Waals surface area contributed by atoms with Crippen LogP contribution in [0.1, 0.15) is 39.8 Å². The average Bonchev–Trinajstić information content (AvgIpc) is 3.29. The Labute approximate surface area is 206 Å². The van der Waals surface area contributed by atoms with Gasteiger partial charge < -0.3 is 19.8 Å².